The van der Waals surface area contributed by atoms with E-state index in [1.54, 1.807) is 6.07 Å². The Labute approximate surface area is 159 Å². The van der Waals surface area contributed by atoms with Crippen LogP contribution in [0.25, 0.3) is 0 Å². The fraction of sp³-hybridized carbons (Fsp3) is 0.263. The van der Waals surface area contributed by atoms with E-state index >= 15 is 0 Å². The maximum absolute atomic E-state index is 12.8. The standard InChI is InChI=1S/C19H18F3NO5/c1-27-15-7-13(8-16(9-15)28-2)18(26)23(11-17(24)25)10-12-3-5-14(6-4-12)19(20,21)22/h3-9H,10-11H2,1-2H3,(H,24,25). The normalized spacial score (nSPS) is 11.0. The van der Waals surface area contributed by atoms with Crippen molar-refractivity contribution >= 4 is 11.9 Å². The third kappa shape index (κ3) is 5.38. The molecule has 28 heavy (non-hydrogen) atoms. The van der Waals surface area contributed by atoms with E-state index in [1.807, 2.05) is 0 Å². The zero-order valence-corrected chi connectivity index (χ0v) is 15.1. The highest BCUT2D eigenvalue weighted by Gasteiger charge is 2.30. The minimum absolute atomic E-state index is 0.129. The molecule has 0 saturated heterocycles. The van der Waals surface area contributed by atoms with Crippen molar-refractivity contribution in [2.45, 2.75) is 12.7 Å². The Bertz CT molecular complexity index is 827. The van der Waals surface area contributed by atoms with Crippen molar-refractivity contribution in [3.05, 3.63) is 59.2 Å². The van der Waals surface area contributed by atoms with Gasteiger partial charge in [-0.25, -0.2) is 0 Å². The van der Waals surface area contributed by atoms with E-state index in [0.29, 0.717) is 17.1 Å². The molecule has 0 aliphatic rings. The van der Waals surface area contributed by atoms with E-state index in [-0.39, 0.29) is 12.1 Å². The Morgan fingerprint density at radius 1 is 1.00 bits per heavy atom. The van der Waals surface area contributed by atoms with Gasteiger partial charge in [0.15, 0.2) is 0 Å². The Morgan fingerprint density at radius 2 is 1.54 bits per heavy atom. The van der Waals surface area contributed by atoms with Gasteiger partial charge in [0.25, 0.3) is 5.91 Å². The topological polar surface area (TPSA) is 76.1 Å². The van der Waals surface area contributed by atoms with Crippen LogP contribution in [-0.4, -0.2) is 42.6 Å². The molecule has 0 radical (unpaired) electrons. The lowest BCUT2D eigenvalue weighted by Gasteiger charge is -2.22. The second-order valence-corrected chi connectivity index (χ2v) is 5.85. The molecule has 0 spiro atoms. The Hall–Kier alpha value is -3.23. The number of benzene rings is 2. The number of methoxy groups -OCH3 is 2. The van der Waals surface area contributed by atoms with Gasteiger partial charge in [0.2, 0.25) is 0 Å². The number of carboxylic acid groups (broad SMARTS) is 1. The zero-order valence-electron chi connectivity index (χ0n) is 15.1. The van der Waals surface area contributed by atoms with E-state index in [2.05, 4.69) is 0 Å². The van der Waals surface area contributed by atoms with Crippen LogP contribution in [0.4, 0.5) is 13.2 Å². The Balaban J connectivity index is 2.30. The van der Waals surface area contributed by atoms with E-state index in [4.69, 9.17) is 14.6 Å². The molecule has 0 aromatic heterocycles. The number of carbonyl (C=O) groups excluding carboxylic acids is 1. The first-order chi connectivity index (χ1) is 13.1. The molecule has 0 bridgehead atoms. The highest BCUT2D eigenvalue weighted by atomic mass is 19.4. The Kier molecular flexibility index (Phi) is 6.50. The smallest absolute Gasteiger partial charge is 0.416 e. The van der Waals surface area contributed by atoms with Crippen LogP contribution in [-0.2, 0) is 17.5 Å². The summed E-state index contributed by atoms with van der Waals surface area (Å²) in [5.41, 5.74) is -0.341. The predicted octanol–water partition coefficient (Wildman–Crippen LogP) is 3.45. The van der Waals surface area contributed by atoms with Crippen LogP contribution < -0.4 is 9.47 Å². The molecule has 9 heteroatoms. The zero-order chi connectivity index (χ0) is 20.9. The quantitative estimate of drug-likeness (QED) is 0.775. The monoisotopic (exact) mass is 397 g/mol. The lowest BCUT2D eigenvalue weighted by molar-refractivity contribution is -0.138. The molecule has 0 aliphatic heterocycles. The first-order valence-corrected chi connectivity index (χ1v) is 8.04. The van der Waals surface area contributed by atoms with Crippen LogP contribution in [0.1, 0.15) is 21.5 Å². The van der Waals surface area contributed by atoms with E-state index < -0.39 is 30.2 Å². The summed E-state index contributed by atoms with van der Waals surface area (Å²) in [4.78, 5) is 25.0. The number of hydrogen-bond acceptors (Lipinski definition) is 4. The summed E-state index contributed by atoms with van der Waals surface area (Å²) < 4.78 is 48.2. The number of rotatable bonds is 7. The summed E-state index contributed by atoms with van der Waals surface area (Å²) in [5, 5.41) is 9.12. The number of nitrogens with zero attached hydrogens (tertiary/aromatic N) is 1. The van der Waals surface area contributed by atoms with Crippen LogP contribution >= 0.6 is 0 Å². The second-order valence-electron chi connectivity index (χ2n) is 5.85. The van der Waals surface area contributed by atoms with Crippen molar-refractivity contribution in [2.75, 3.05) is 20.8 Å². The predicted molar refractivity (Wildman–Crippen MR) is 93.4 cm³/mol. The number of alkyl halides is 3. The molecule has 0 unspecified atom stereocenters. The maximum Gasteiger partial charge on any atom is 0.416 e. The highest BCUT2D eigenvalue weighted by molar-refractivity contribution is 5.96. The number of amides is 1. The molecular formula is C19H18F3NO5. The lowest BCUT2D eigenvalue weighted by Crippen LogP contribution is -2.35. The maximum atomic E-state index is 12.8. The van der Waals surface area contributed by atoms with Gasteiger partial charge >= 0.3 is 12.1 Å². The summed E-state index contributed by atoms with van der Waals surface area (Å²) in [7, 11) is 2.81. The summed E-state index contributed by atoms with van der Waals surface area (Å²) in [6.45, 7) is -0.803. The molecule has 0 atom stereocenters. The Morgan fingerprint density at radius 3 is 1.96 bits per heavy atom. The molecule has 1 N–H and O–H groups in total. The average Bonchev–Trinajstić information content (AvgIpc) is 2.65. The molecule has 2 aromatic rings. The minimum Gasteiger partial charge on any atom is -0.497 e. The van der Waals surface area contributed by atoms with Gasteiger partial charge in [-0.1, -0.05) is 12.1 Å². The summed E-state index contributed by atoms with van der Waals surface area (Å²) in [6, 6.07) is 8.57. The molecule has 150 valence electrons. The molecular weight excluding hydrogens is 379 g/mol. The van der Waals surface area contributed by atoms with Gasteiger partial charge in [-0.15, -0.1) is 0 Å². The first kappa shape index (κ1) is 21.1. The molecule has 2 rings (SSSR count). The van der Waals surface area contributed by atoms with Gasteiger partial charge in [-0.3, -0.25) is 9.59 Å². The van der Waals surface area contributed by atoms with E-state index in [0.717, 1.165) is 17.0 Å². The molecule has 6 nitrogen and oxygen atoms in total. The van der Waals surface area contributed by atoms with Crippen molar-refractivity contribution < 1.29 is 37.3 Å². The molecule has 0 aliphatic carbocycles. The number of carbonyl (C=O) groups is 2. The first-order valence-electron chi connectivity index (χ1n) is 8.04. The van der Waals surface area contributed by atoms with E-state index in [1.165, 1.54) is 38.5 Å². The SMILES string of the molecule is COc1cc(OC)cc(C(=O)N(CC(=O)O)Cc2ccc(C(F)(F)F)cc2)c1. The minimum atomic E-state index is -4.48. The highest BCUT2D eigenvalue weighted by Crippen LogP contribution is 2.29. The van der Waals surface area contributed by atoms with Crippen molar-refractivity contribution in [3.63, 3.8) is 0 Å². The van der Waals surface area contributed by atoms with Gasteiger partial charge in [-0.05, 0) is 29.8 Å². The largest absolute Gasteiger partial charge is 0.497 e. The third-order valence-corrected chi connectivity index (χ3v) is 3.87. The van der Waals surface area contributed by atoms with Gasteiger partial charge in [0.05, 0.1) is 19.8 Å². The van der Waals surface area contributed by atoms with Crippen LogP contribution in [0.2, 0.25) is 0 Å². The van der Waals surface area contributed by atoms with Crippen molar-refractivity contribution in [1.82, 2.24) is 4.90 Å². The van der Waals surface area contributed by atoms with Crippen molar-refractivity contribution in [3.8, 4) is 11.5 Å². The van der Waals surface area contributed by atoms with Gasteiger partial charge < -0.3 is 19.5 Å². The van der Waals surface area contributed by atoms with Crippen LogP contribution in [0.3, 0.4) is 0 Å². The summed E-state index contributed by atoms with van der Waals surface area (Å²) in [6.07, 6.45) is -4.48. The van der Waals surface area contributed by atoms with Crippen LogP contribution in [0, 0.1) is 0 Å². The molecule has 0 saturated carbocycles. The van der Waals surface area contributed by atoms with Gasteiger partial charge in [-0.2, -0.15) is 13.2 Å². The number of carboxylic acids is 1. The van der Waals surface area contributed by atoms with Crippen molar-refractivity contribution in [1.29, 1.82) is 0 Å². The molecule has 0 heterocycles. The molecule has 0 fully saturated rings. The number of aliphatic carboxylic acids is 1. The molecule has 1 amide bonds. The molecule has 2 aromatic carbocycles. The lowest BCUT2D eigenvalue weighted by atomic mass is 10.1. The summed E-state index contributed by atoms with van der Waals surface area (Å²) in [5.74, 6) is -1.20. The van der Waals surface area contributed by atoms with E-state index in [9.17, 15) is 22.8 Å². The van der Waals surface area contributed by atoms with Crippen LogP contribution in [0.5, 0.6) is 11.5 Å². The fourth-order valence-corrected chi connectivity index (χ4v) is 2.50. The fourth-order valence-electron chi connectivity index (χ4n) is 2.50. The van der Waals surface area contributed by atoms with Gasteiger partial charge in [0, 0.05) is 18.2 Å². The second kappa shape index (κ2) is 8.64. The van der Waals surface area contributed by atoms with Crippen LogP contribution in [0.15, 0.2) is 42.5 Å². The number of hydrogen-bond donors (Lipinski definition) is 1. The van der Waals surface area contributed by atoms with Gasteiger partial charge in [0.1, 0.15) is 18.0 Å². The number of halogens is 3. The average molecular weight is 397 g/mol. The third-order valence-electron chi connectivity index (χ3n) is 3.87. The number of ether oxygens (including phenoxy) is 2. The summed E-state index contributed by atoms with van der Waals surface area (Å²) >= 11 is 0. The van der Waals surface area contributed by atoms with Crippen molar-refractivity contribution in [2.24, 2.45) is 0 Å².